The molecule has 0 bridgehead atoms. The standard InChI is InChI=1S/C11H16N2OS/c1-3-15-10-6-4-5-9(7-10)13-11(14)8(2)12/h4-8H,3,12H2,1-2H3,(H,13,14)/t8-/m1/s1. The summed E-state index contributed by atoms with van der Waals surface area (Å²) in [5.41, 5.74) is 6.26. The van der Waals surface area contributed by atoms with Crippen molar-refractivity contribution in [1.82, 2.24) is 0 Å². The van der Waals surface area contributed by atoms with Crippen LogP contribution in [0.3, 0.4) is 0 Å². The van der Waals surface area contributed by atoms with E-state index in [1.54, 1.807) is 18.7 Å². The fourth-order valence-corrected chi connectivity index (χ4v) is 1.80. The molecule has 3 N–H and O–H groups in total. The van der Waals surface area contributed by atoms with Gasteiger partial charge in [0.15, 0.2) is 0 Å². The lowest BCUT2D eigenvalue weighted by Gasteiger charge is -2.08. The van der Waals surface area contributed by atoms with E-state index in [1.807, 2.05) is 24.3 Å². The van der Waals surface area contributed by atoms with Gasteiger partial charge in [0.2, 0.25) is 5.91 Å². The Kier molecular flexibility index (Phi) is 4.65. The predicted molar refractivity (Wildman–Crippen MR) is 65.1 cm³/mol. The second kappa shape index (κ2) is 5.78. The molecule has 0 spiro atoms. The summed E-state index contributed by atoms with van der Waals surface area (Å²) in [6.07, 6.45) is 0. The van der Waals surface area contributed by atoms with Crippen LogP contribution in [0.1, 0.15) is 13.8 Å². The molecule has 0 fully saturated rings. The molecule has 0 heterocycles. The fourth-order valence-electron chi connectivity index (χ4n) is 1.09. The molecule has 0 aliphatic heterocycles. The van der Waals surface area contributed by atoms with Crippen LogP contribution in [0.2, 0.25) is 0 Å². The normalized spacial score (nSPS) is 12.2. The van der Waals surface area contributed by atoms with E-state index in [1.165, 1.54) is 0 Å². The molecular formula is C11H16N2OS. The first-order valence-electron chi connectivity index (χ1n) is 4.92. The highest BCUT2D eigenvalue weighted by molar-refractivity contribution is 7.99. The van der Waals surface area contributed by atoms with Crippen LogP contribution in [0.4, 0.5) is 5.69 Å². The summed E-state index contributed by atoms with van der Waals surface area (Å²) < 4.78 is 0. The van der Waals surface area contributed by atoms with Crippen LogP contribution in [0.15, 0.2) is 29.2 Å². The Morgan fingerprint density at radius 3 is 2.93 bits per heavy atom. The molecule has 0 saturated heterocycles. The molecule has 0 radical (unpaired) electrons. The van der Waals surface area contributed by atoms with E-state index >= 15 is 0 Å². The third-order valence-electron chi connectivity index (χ3n) is 1.83. The van der Waals surface area contributed by atoms with E-state index in [-0.39, 0.29) is 5.91 Å². The zero-order valence-electron chi connectivity index (χ0n) is 8.99. The van der Waals surface area contributed by atoms with Gasteiger partial charge in [0.25, 0.3) is 0 Å². The molecule has 1 aromatic carbocycles. The highest BCUT2D eigenvalue weighted by Gasteiger charge is 2.07. The van der Waals surface area contributed by atoms with Gasteiger partial charge in [-0.3, -0.25) is 4.79 Å². The van der Waals surface area contributed by atoms with Gasteiger partial charge >= 0.3 is 0 Å². The zero-order chi connectivity index (χ0) is 11.3. The number of rotatable bonds is 4. The van der Waals surface area contributed by atoms with E-state index in [9.17, 15) is 4.79 Å². The van der Waals surface area contributed by atoms with Crippen LogP contribution in [0.25, 0.3) is 0 Å². The Hall–Kier alpha value is -1.00. The molecule has 0 saturated carbocycles. The summed E-state index contributed by atoms with van der Waals surface area (Å²) in [5.74, 6) is 0.860. The molecule has 0 aromatic heterocycles. The number of hydrogen-bond donors (Lipinski definition) is 2. The van der Waals surface area contributed by atoms with Gasteiger partial charge in [0, 0.05) is 10.6 Å². The van der Waals surface area contributed by atoms with Gasteiger partial charge in [-0.15, -0.1) is 11.8 Å². The molecule has 0 unspecified atom stereocenters. The highest BCUT2D eigenvalue weighted by atomic mass is 32.2. The zero-order valence-corrected chi connectivity index (χ0v) is 9.80. The molecular weight excluding hydrogens is 208 g/mol. The Morgan fingerprint density at radius 1 is 1.60 bits per heavy atom. The summed E-state index contributed by atoms with van der Waals surface area (Å²) in [7, 11) is 0. The minimum atomic E-state index is -0.479. The monoisotopic (exact) mass is 224 g/mol. The quantitative estimate of drug-likeness (QED) is 0.770. The fraction of sp³-hybridized carbons (Fsp3) is 0.364. The maximum absolute atomic E-state index is 11.3. The highest BCUT2D eigenvalue weighted by Crippen LogP contribution is 2.21. The number of hydrogen-bond acceptors (Lipinski definition) is 3. The van der Waals surface area contributed by atoms with E-state index in [2.05, 4.69) is 12.2 Å². The summed E-state index contributed by atoms with van der Waals surface area (Å²) in [5, 5.41) is 2.76. The lowest BCUT2D eigenvalue weighted by molar-refractivity contribution is -0.117. The molecule has 4 heteroatoms. The number of amides is 1. The summed E-state index contributed by atoms with van der Waals surface area (Å²) in [4.78, 5) is 12.5. The molecule has 0 aliphatic rings. The lowest BCUT2D eigenvalue weighted by Crippen LogP contribution is -2.32. The Morgan fingerprint density at radius 2 is 2.33 bits per heavy atom. The Labute approximate surface area is 94.4 Å². The number of benzene rings is 1. The predicted octanol–water partition coefficient (Wildman–Crippen LogP) is 2.08. The van der Waals surface area contributed by atoms with Crippen LogP contribution >= 0.6 is 11.8 Å². The van der Waals surface area contributed by atoms with Crippen LogP contribution in [0.5, 0.6) is 0 Å². The third kappa shape index (κ3) is 3.93. The van der Waals surface area contributed by atoms with Gasteiger partial charge < -0.3 is 11.1 Å². The Bertz CT molecular complexity index is 339. The van der Waals surface area contributed by atoms with E-state index in [0.717, 1.165) is 16.3 Å². The molecule has 0 aliphatic carbocycles. The third-order valence-corrected chi connectivity index (χ3v) is 2.70. The number of anilines is 1. The van der Waals surface area contributed by atoms with Crippen LogP contribution < -0.4 is 11.1 Å². The van der Waals surface area contributed by atoms with Gasteiger partial charge in [-0.05, 0) is 30.9 Å². The first-order valence-corrected chi connectivity index (χ1v) is 5.91. The second-order valence-electron chi connectivity index (χ2n) is 3.24. The van der Waals surface area contributed by atoms with Crippen molar-refractivity contribution in [2.24, 2.45) is 5.73 Å². The maximum Gasteiger partial charge on any atom is 0.240 e. The van der Waals surface area contributed by atoms with E-state index in [0.29, 0.717) is 0 Å². The smallest absolute Gasteiger partial charge is 0.240 e. The number of carbonyl (C=O) groups is 1. The van der Waals surface area contributed by atoms with Gasteiger partial charge in [-0.2, -0.15) is 0 Å². The van der Waals surface area contributed by atoms with Crippen LogP contribution in [-0.4, -0.2) is 17.7 Å². The van der Waals surface area contributed by atoms with Crippen LogP contribution in [0, 0.1) is 0 Å². The van der Waals surface area contributed by atoms with Crippen molar-refractivity contribution in [2.45, 2.75) is 24.8 Å². The number of thioether (sulfide) groups is 1. The van der Waals surface area contributed by atoms with Crippen molar-refractivity contribution < 1.29 is 4.79 Å². The topological polar surface area (TPSA) is 55.1 Å². The first kappa shape index (κ1) is 12.1. The number of nitrogens with two attached hydrogens (primary N) is 1. The minimum absolute atomic E-state index is 0.159. The van der Waals surface area contributed by atoms with Crippen molar-refractivity contribution in [1.29, 1.82) is 0 Å². The van der Waals surface area contributed by atoms with Gasteiger partial charge in [-0.25, -0.2) is 0 Å². The number of nitrogens with one attached hydrogen (secondary N) is 1. The Balaban J connectivity index is 2.69. The van der Waals surface area contributed by atoms with Crippen molar-refractivity contribution >= 4 is 23.4 Å². The van der Waals surface area contributed by atoms with Crippen molar-refractivity contribution in [2.75, 3.05) is 11.1 Å². The van der Waals surface area contributed by atoms with Crippen LogP contribution in [-0.2, 0) is 4.79 Å². The van der Waals surface area contributed by atoms with Gasteiger partial charge in [-0.1, -0.05) is 13.0 Å². The van der Waals surface area contributed by atoms with Crippen molar-refractivity contribution in [3.05, 3.63) is 24.3 Å². The van der Waals surface area contributed by atoms with Gasteiger partial charge in [0.05, 0.1) is 6.04 Å². The van der Waals surface area contributed by atoms with Crippen molar-refractivity contribution in [3.8, 4) is 0 Å². The van der Waals surface area contributed by atoms with E-state index < -0.39 is 6.04 Å². The molecule has 1 rings (SSSR count). The summed E-state index contributed by atoms with van der Waals surface area (Å²) >= 11 is 1.74. The van der Waals surface area contributed by atoms with E-state index in [4.69, 9.17) is 5.73 Å². The first-order chi connectivity index (χ1) is 7.13. The largest absolute Gasteiger partial charge is 0.325 e. The number of carbonyl (C=O) groups excluding carboxylic acids is 1. The average Bonchev–Trinajstić information content (AvgIpc) is 2.18. The maximum atomic E-state index is 11.3. The van der Waals surface area contributed by atoms with Gasteiger partial charge in [0.1, 0.15) is 0 Å². The summed E-state index contributed by atoms with van der Waals surface area (Å²) in [6, 6.07) is 7.28. The molecule has 1 aromatic rings. The molecule has 15 heavy (non-hydrogen) atoms. The molecule has 3 nitrogen and oxygen atoms in total. The SMILES string of the molecule is CCSc1cccc(NC(=O)[C@@H](C)N)c1. The second-order valence-corrected chi connectivity index (χ2v) is 4.58. The average molecular weight is 224 g/mol. The molecule has 1 atom stereocenters. The molecule has 1 amide bonds. The molecule has 82 valence electrons. The summed E-state index contributed by atoms with van der Waals surface area (Å²) in [6.45, 7) is 3.76. The van der Waals surface area contributed by atoms with Crippen molar-refractivity contribution in [3.63, 3.8) is 0 Å². The lowest BCUT2D eigenvalue weighted by atomic mass is 10.3. The minimum Gasteiger partial charge on any atom is -0.325 e.